The monoisotopic (exact) mass is 265 g/mol. The number of aryl methyl sites for hydroxylation is 2. The SMILES string of the molecule is Cc1ccc(C(=O)Nc2cc(C#N)ccc2C)c(N)c1. The minimum atomic E-state index is -0.277. The molecule has 2 aromatic rings. The fraction of sp³-hybridized carbons (Fsp3) is 0.125. The summed E-state index contributed by atoms with van der Waals surface area (Å²) < 4.78 is 0. The second-order valence-corrected chi connectivity index (χ2v) is 4.69. The number of nitrogens with two attached hydrogens (primary N) is 1. The lowest BCUT2D eigenvalue weighted by atomic mass is 10.1. The zero-order valence-electron chi connectivity index (χ0n) is 11.4. The van der Waals surface area contributed by atoms with Crippen LogP contribution in [-0.4, -0.2) is 5.91 Å². The Kier molecular flexibility index (Phi) is 3.72. The molecule has 0 aromatic heterocycles. The lowest BCUT2D eigenvalue weighted by Gasteiger charge is -2.10. The van der Waals surface area contributed by atoms with Crippen molar-refractivity contribution in [3.05, 3.63) is 58.7 Å². The van der Waals surface area contributed by atoms with Crippen LogP contribution in [-0.2, 0) is 0 Å². The fourth-order valence-electron chi connectivity index (χ4n) is 1.90. The molecule has 20 heavy (non-hydrogen) atoms. The number of carbonyl (C=O) groups excluding carboxylic acids is 1. The average molecular weight is 265 g/mol. The van der Waals surface area contributed by atoms with E-state index >= 15 is 0 Å². The highest BCUT2D eigenvalue weighted by Crippen LogP contribution is 2.20. The van der Waals surface area contributed by atoms with Crippen molar-refractivity contribution in [2.24, 2.45) is 0 Å². The predicted octanol–water partition coefficient (Wildman–Crippen LogP) is 3.01. The minimum absolute atomic E-state index is 0.277. The van der Waals surface area contributed by atoms with Crippen LogP contribution < -0.4 is 11.1 Å². The van der Waals surface area contributed by atoms with Crippen LogP contribution in [0.4, 0.5) is 11.4 Å². The Bertz CT molecular complexity index is 714. The molecular formula is C16H15N3O. The molecule has 2 rings (SSSR count). The molecule has 0 saturated carbocycles. The third-order valence-electron chi connectivity index (χ3n) is 3.07. The number of benzene rings is 2. The van der Waals surface area contributed by atoms with Gasteiger partial charge in [-0.15, -0.1) is 0 Å². The van der Waals surface area contributed by atoms with E-state index in [0.717, 1.165) is 11.1 Å². The van der Waals surface area contributed by atoms with Gasteiger partial charge in [-0.25, -0.2) is 0 Å². The standard InChI is InChI=1S/C16H15N3O/c1-10-3-6-13(14(18)7-10)16(20)19-15-8-12(9-17)5-4-11(15)2/h3-8H,18H2,1-2H3,(H,19,20). The summed E-state index contributed by atoms with van der Waals surface area (Å²) >= 11 is 0. The van der Waals surface area contributed by atoms with Crippen molar-refractivity contribution in [1.29, 1.82) is 5.26 Å². The first-order valence-electron chi connectivity index (χ1n) is 6.19. The normalized spacial score (nSPS) is 9.85. The number of nitrogens with zero attached hydrogens (tertiary/aromatic N) is 1. The molecule has 2 aromatic carbocycles. The number of carbonyl (C=O) groups is 1. The summed E-state index contributed by atoms with van der Waals surface area (Å²) in [5, 5.41) is 11.7. The van der Waals surface area contributed by atoms with E-state index in [0.29, 0.717) is 22.5 Å². The number of amides is 1. The molecule has 0 bridgehead atoms. The number of nitrogens with one attached hydrogen (secondary N) is 1. The number of nitriles is 1. The summed E-state index contributed by atoms with van der Waals surface area (Å²) in [7, 11) is 0. The van der Waals surface area contributed by atoms with Gasteiger partial charge >= 0.3 is 0 Å². The lowest BCUT2D eigenvalue weighted by Crippen LogP contribution is -2.15. The molecule has 0 radical (unpaired) electrons. The van der Waals surface area contributed by atoms with Crippen molar-refractivity contribution in [3.8, 4) is 6.07 Å². The van der Waals surface area contributed by atoms with Gasteiger partial charge in [0.15, 0.2) is 0 Å². The Labute approximate surface area is 117 Å². The first-order valence-corrected chi connectivity index (χ1v) is 6.19. The second kappa shape index (κ2) is 5.45. The molecule has 0 aliphatic carbocycles. The van der Waals surface area contributed by atoms with Crippen molar-refractivity contribution in [1.82, 2.24) is 0 Å². The summed E-state index contributed by atoms with van der Waals surface area (Å²) in [5.74, 6) is -0.277. The molecule has 4 heteroatoms. The molecule has 0 heterocycles. The molecule has 0 fully saturated rings. The maximum Gasteiger partial charge on any atom is 0.257 e. The Hall–Kier alpha value is -2.80. The van der Waals surface area contributed by atoms with Crippen molar-refractivity contribution in [2.45, 2.75) is 13.8 Å². The second-order valence-electron chi connectivity index (χ2n) is 4.69. The van der Waals surface area contributed by atoms with Gasteiger partial charge in [0.2, 0.25) is 0 Å². The molecule has 1 amide bonds. The molecule has 3 N–H and O–H groups in total. The highest BCUT2D eigenvalue weighted by Gasteiger charge is 2.11. The summed E-state index contributed by atoms with van der Waals surface area (Å²) in [6.07, 6.45) is 0. The zero-order valence-corrected chi connectivity index (χ0v) is 11.4. The van der Waals surface area contributed by atoms with Crippen LogP contribution in [0.1, 0.15) is 27.0 Å². The molecule has 100 valence electrons. The van der Waals surface area contributed by atoms with E-state index in [4.69, 9.17) is 11.0 Å². The first-order chi connectivity index (χ1) is 9.51. The minimum Gasteiger partial charge on any atom is -0.398 e. The lowest BCUT2D eigenvalue weighted by molar-refractivity contribution is 0.102. The predicted molar refractivity (Wildman–Crippen MR) is 79.4 cm³/mol. The van der Waals surface area contributed by atoms with Crippen molar-refractivity contribution in [2.75, 3.05) is 11.1 Å². The van der Waals surface area contributed by atoms with E-state index < -0.39 is 0 Å². The quantitative estimate of drug-likeness (QED) is 0.819. The summed E-state index contributed by atoms with van der Waals surface area (Å²) in [4.78, 5) is 12.2. The van der Waals surface area contributed by atoms with Gasteiger partial charge < -0.3 is 11.1 Å². The summed E-state index contributed by atoms with van der Waals surface area (Å²) in [5.41, 5.74) is 9.74. The Balaban J connectivity index is 2.30. The number of hydrogen-bond acceptors (Lipinski definition) is 3. The third kappa shape index (κ3) is 2.78. The van der Waals surface area contributed by atoms with Crippen LogP contribution >= 0.6 is 0 Å². The Morgan fingerprint density at radius 2 is 1.95 bits per heavy atom. The van der Waals surface area contributed by atoms with Crippen molar-refractivity contribution in [3.63, 3.8) is 0 Å². The first kappa shape index (κ1) is 13.6. The highest BCUT2D eigenvalue weighted by molar-refractivity contribution is 6.08. The van der Waals surface area contributed by atoms with Gasteiger partial charge in [-0.05, 0) is 49.2 Å². The number of rotatable bonds is 2. The van der Waals surface area contributed by atoms with Crippen LogP contribution in [0.2, 0.25) is 0 Å². The molecule has 4 nitrogen and oxygen atoms in total. The topological polar surface area (TPSA) is 78.9 Å². The smallest absolute Gasteiger partial charge is 0.257 e. The molecule has 0 atom stereocenters. The van der Waals surface area contributed by atoms with Crippen LogP contribution in [0, 0.1) is 25.2 Å². The maximum absolute atomic E-state index is 12.2. The molecule has 0 saturated heterocycles. The maximum atomic E-state index is 12.2. The molecule has 0 aliphatic rings. The number of hydrogen-bond donors (Lipinski definition) is 2. The fourth-order valence-corrected chi connectivity index (χ4v) is 1.90. The van der Waals surface area contributed by atoms with E-state index in [9.17, 15) is 4.79 Å². The van der Waals surface area contributed by atoms with E-state index in [1.165, 1.54) is 0 Å². The molecular weight excluding hydrogens is 250 g/mol. The van der Waals surface area contributed by atoms with Gasteiger partial charge in [0.05, 0.1) is 17.2 Å². The highest BCUT2D eigenvalue weighted by atomic mass is 16.1. The average Bonchev–Trinajstić information content (AvgIpc) is 2.41. The van der Waals surface area contributed by atoms with E-state index in [1.807, 2.05) is 19.9 Å². The largest absolute Gasteiger partial charge is 0.398 e. The van der Waals surface area contributed by atoms with E-state index in [1.54, 1.807) is 30.3 Å². The van der Waals surface area contributed by atoms with Crippen LogP contribution in [0.25, 0.3) is 0 Å². The van der Waals surface area contributed by atoms with Crippen LogP contribution in [0.3, 0.4) is 0 Å². The molecule has 0 aliphatic heterocycles. The van der Waals surface area contributed by atoms with Gasteiger partial charge in [-0.3, -0.25) is 4.79 Å². The zero-order chi connectivity index (χ0) is 14.7. The number of nitrogen functional groups attached to an aromatic ring is 1. The Morgan fingerprint density at radius 3 is 2.60 bits per heavy atom. The third-order valence-corrected chi connectivity index (χ3v) is 3.07. The van der Waals surface area contributed by atoms with Gasteiger partial charge in [0.1, 0.15) is 0 Å². The van der Waals surface area contributed by atoms with Gasteiger partial charge in [0, 0.05) is 11.4 Å². The van der Waals surface area contributed by atoms with E-state index in [2.05, 4.69) is 11.4 Å². The summed E-state index contributed by atoms with van der Waals surface area (Å²) in [6, 6.07) is 12.5. The van der Waals surface area contributed by atoms with E-state index in [-0.39, 0.29) is 5.91 Å². The van der Waals surface area contributed by atoms with Gasteiger partial charge in [-0.2, -0.15) is 5.26 Å². The summed E-state index contributed by atoms with van der Waals surface area (Å²) in [6.45, 7) is 3.79. The van der Waals surface area contributed by atoms with Crippen molar-refractivity contribution < 1.29 is 4.79 Å². The van der Waals surface area contributed by atoms with Crippen LogP contribution in [0.15, 0.2) is 36.4 Å². The number of anilines is 2. The van der Waals surface area contributed by atoms with Crippen molar-refractivity contribution >= 4 is 17.3 Å². The van der Waals surface area contributed by atoms with Gasteiger partial charge in [0.25, 0.3) is 5.91 Å². The Morgan fingerprint density at radius 1 is 1.20 bits per heavy atom. The van der Waals surface area contributed by atoms with Gasteiger partial charge in [-0.1, -0.05) is 12.1 Å². The molecule has 0 unspecified atom stereocenters. The van der Waals surface area contributed by atoms with Crippen LogP contribution in [0.5, 0.6) is 0 Å². The molecule has 0 spiro atoms.